The van der Waals surface area contributed by atoms with Crippen LogP contribution in [0.4, 0.5) is 0 Å². The molecule has 0 aliphatic carbocycles. The highest BCUT2D eigenvalue weighted by molar-refractivity contribution is 5.66. The summed E-state index contributed by atoms with van der Waals surface area (Å²) in [6, 6.07) is 4.82. The zero-order chi connectivity index (χ0) is 11.5. The molecule has 0 spiro atoms. The lowest BCUT2D eigenvalue weighted by atomic mass is 10.2. The monoisotopic (exact) mass is 219 g/mol. The Morgan fingerprint density at radius 3 is 2.75 bits per heavy atom. The molecule has 0 aromatic carbocycles. The largest absolute Gasteiger partial charge is 0.480 e. The third-order valence-electron chi connectivity index (χ3n) is 2.07. The molecule has 0 bridgehead atoms. The maximum Gasteiger partial charge on any atom is 0.325 e. The van der Waals surface area contributed by atoms with Crippen molar-refractivity contribution in [3.8, 4) is 11.3 Å². The normalized spacial score (nSPS) is 10.2. The van der Waals surface area contributed by atoms with E-state index in [1.807, 2.05) is 0 Å². The smallest absolute Gasteiger partial charge is 0.325 e. The van der Waals surface area contributed by atoms with Crippen LogP contribution in [0.1, 0.15) is 0 Å². The Balaban J connectivity index is 2.38. The first-order valence-electron chi connectivity index (χ1n) is 4.59. The molecule has 2 heterocycles. The van der Waals surface area contributed by atoms with Crippen LogP contribution in [0, 0.1) is 0 Å². The highest BCUT2D eigenvalue weighted by Gasteiger charge is 2.07. The maximum absolute atomic E-state index is 11.4. The molecule has 16 heavy (non-hydrogen) atoms. The summed E-state index contributed by atoms with van der Waals surface area (Å²) in [6.45, 7) is -0.371. The fourth-order valence-electron chi connectivity index (χ4n) is 1.37. The van der Waals surface area contributed by atoms with Crippen molar-refractivity contribution in [3.63, 3.8) is 0 Å². The molecule has 2 rings (SSSR count). The molecule has 0 aliphatic heterocycles. The molecule has 2 aromatic heterocycles. The van der Waals surface area contributed by atoms with Gasteiger partial charge in [-0.25, -0.2) is 4.68 Å². The Hall–Kier alpha value is -2.37. The highest BCUT2D eigenvalue weighted by Crippen LogP contribution is 2.12. The van der Waals surface area contributed by atoms with E-state index in [0.717, 1.165) is 10.2 Å². The summed E-state index contributed by atoms with van der Waals surface area (Å²) in [6.07, 6.45) is 3.20. The van der Waals surface area contributed by atoms with Gasteiger partial charge in [-0.1, -0.05) is 0 Å². The number of carboxylic acid groups (broad SMARTS) is 1. The van der Waals surface area contributed by atoms with Crippen LogP contribution in [-0.4, -0.2) is 25.8 Å². The SMILES string of the molecule is O=C(O)Cn1[nH]c(-c2ccncc2)cc1=O. The predicted molar refractivity (Wildman–Crippen MR) is 55.9 cm³/mol. The summed E-state index contributed by atoms with van der Waals surface area (Å²) >= 11 is 0. The number of H-pyrrole nitrogens is 1. The molecule has 6 nitrogen and oxygen atoms in total. The van der Waals surface area contributed by atoms with Crippen molar-refractivity contribution in [2.24, 2.45) is 0 Å². The Labute approximate surface area is 90.2 Å². The van der Waals surface area contributed by atoms with Crippen molar-refractivity contribution in [2.45, 2.75) is 6.54 Å². The van der Waals surface area contributed by atoms with Crippen LogP contribution in [0.2, 0.25) is 0 Å². The van der Waals surface area contributed by atoms with E-state index in [1.165, 1.54) is 6.07 Å². The number of nitrogens with zero attached hydrogens (tertiary/aromatic N) is 2. The Morgan fingerprint density at radius 2 is 2.12 bits per heavy atom. The second-order valence-electron chi connectivity index (χ2n) is 3.22. The zero-order valence-corrected chi connectivity index (χ0v) is 8.25. The molecule has 0 unspecified atom stereocenters. The van der Waals surface area contributed by atoms with E-state index in [0.29, 0.717) is 5.69 Å². The van der Waals surface area contributed by atoms with E-state index < -0.39 is 5.97 Å². The van der Waals surface area contributed by atoms with Gasteiger partial charge in [0.1, 0.15) is 6.54 Å². The zero-order valence-electron chi connectivity index (χ0n) is 8.25. The van der Waals surface area contributed by atoms with E-state index in [1.54, 1.807) is 24.5 Å². The van der Waals surface area contributed by atoms with Gasteiger partial charge in [0, 0.05) is 24.0 Å². The van der Waals surface area contributed by atoms with Gasteiger partial charge in [-0.15, -0.1) is 0 Å². The minimum absolute atomic E-state index is 0.366. The van der Waals surface area contributed by atoms with E-state index >= 15 is 0 Å². The van der Waals surface area contributed by atoms with E-state index in [-0.39, 0.29) is 12.1 Å². The van der Waals surface area contributed by atoms with Gasteiger partial charge in [0.2, 0.25) is 0 Å². The average Bonchev–Trinajstić information content (AvgIpc) is 2.61. The number of aromatic amines is 1. The number of pyridine rings is 1. The second-order valence-corrected chi connectivity index (χ2v) is 3.22. The van der Waals surface area contributed by atoms with Crippen molar-refractivity contribution < 1.29 is 9.90 Å². The highest BCUT2D eigenvalue weighted by atomic mass is 16.4. The average molecular weight is 219 g/mol. The number of carbonyl (C=O) groups is 1. The number of hydrogen-bond donors (Lipinski definition) is 2. The number of aromatic nitrogens is 3. The number of carboxylic acids is 1. The second kappa shape index (κ2) is 4.01. The van der Waals surface area contributed by atoms with Crippen LogP contribution in [-0.2, 0) is 11.3 Å². The third kappa shape index (κ3) is 2.00. The molecule has 0 saturated carbocycles. The molecule has 6 heteroatoms. The standard InChI is InChI=1S/C10H9N3O3/c14-9-5-8(7-1-3-11-4-2-7)12-13(9)6-10(15)16/h1-5,12H,6H2,(H,15,16). The fraction of sp³-hybridized carbons (Fsp3) is 0.100. The molecular formula is C10H9N3O3. The fourth-order valence-corrected chi connectivity index (χ4v) is 1.37. The molecule has 0 radical (unpaired) electrons. The maximum atomic E-state index is 11.4. The van der Waals surface area contributed by atoms with E-state index in [2.05, 4.69) is 10.1 Å². The van der Waals surface area contributed by atoms with Gasteiger partial charge in [0.15, 0.2) is 0 Å². The topological polar surface area (TPSA) is 88.0 Å². The number of rotatable bonds is 3. The van der Waals surface area contributed by atoms with Crippen LogP contribution in [0.25, 0.3) is 11.3 Å². The lowest BCUT2D eigenvalue weighted by Gasteiger charge is -1.97. The molecule has 82 valence electrons. The van der Waals surface area contributed by atoms with Crippen LogP contribution in [0.3, 0.4) is 0 Å². The molecule has 0 saturated heterocycles. The summed E-state index contributed by atoms with van der Waals surface area (Å²) in [5, 5.41) is 11.3. The van der Waals surface area contributed by atoms with E-state index in [9.17, 15) is 9.59 Å². The van der Waals surface area contributed by atoms with Gasteiger partial charge in [-0.05, 0) is 12.1 Å². The quantitative estimate of drug-likeness (QED) is 0.778. The first-order valence-corrected chi connectivity index (χ1v) is 4.59. The molecule has 2 N–H and O–H groups in total. The first kappa shape index (κ1) is 10.2. The van der Waals surface area contributed by atoms with Gasteiger partial charge in [0.25, 0.3) is 5.56 Å². The van der Waals surface area contributed by atoms with Crippen molar-refractivity contribution in [2.75, 3.05) is 0 Å². The van der Waals surface area contributed by atoms with Crippen LogP contribution in [0.15, 0.2) is 35.4 Å². The van der Waals surface area contributed by atoms with Gasteiger partial charge in [0.05, 0.1) is 5.69 Å². The summed E-state index contributed by atoms with van der Waals surface area (Å²) in [7, 11) is 0. The van der Waals surface area contributed by atoms with Gasteiger partial charge < -0.3 is 5.11 Å². The summed E-state index contributed by atoms with van der Waals surface area (Å²) in [4.78, 5) is 25.7. The van der Waals surface area contributed by atoms with Crippen molar-refractivity contribution in [1.82, 2.24) is 14.8 Å². The van der Waals surface area contributed by atoms with Crippen molar-refractivity contribution in [1.29, 1.82) is 0 Å². The van der Waals surface area contributed by atoms with Gasteiger partial charge in [-0.3, -0.25) is 19.7 Å². The number of nitrogens with one attached hydrogen (secondary N) is 1. The van der Waals surface area contributed by atoms with Crippen LogP contribution < -0.4 is 5.56 Å². The van der Waals surface area contributed by atoms with E-state index in [4.69, 9.17) is 5.11 Å². The summed E-state index contributed by atoms with van der Waals surface area (Å²) in [5.41, 5.74) is 0.999. The Kier molecular flexibility index (Phi) is 2.55. The first-order chi connectivity index (χ1) is 7.66. The minimum atomic E-state index is -1.06. The lowest BCUT2D eigenvalue weighted by Crippen LogP contribution is -2.20. The molecular weight excluding hydrogens is 210 g/mol. The molecule has 0 amide bonds. The number of hydrogen-bond acceptors (Lipinski definition) is 3. The van der Waals surface area contributed by atoms with Crippen molar-refractivity contribution >= 4 is 5.97 Å². The van der Waals surface area contributed by atoms with Gasteiger partial charge >= 0.3 is 5.97 Å². The number of aliphatic carboxylic acids is 1. The molecule has 0 fully saturated rings. The van der Waals surface area contributed by atoms with Gasteiger partial charge in [-0.2, -0.15) is 0 Å². The van der Waals surface area contributed by atoms with Crippen LogP contribution >= 0.6 is 0 Å². The summed E-state index contributed by atoms with van der Waals surface area (Å²) in [5.74, 6) is -1.06. The minimum Gasteiger partial charge on any atom is -0.480 e. The predicted octanol–water partition coefficient (Wildman–Crippen LogP) is 0.323. The summed E-state index contributed by atoms with van der Waals surface area (Å²) < 4.78 is 1.04. The van der Waals surface area contributed by atoms with Crippen molar-refractivity contribution in [3.05, 3.63) is 40.9 Å². The Bertz CT molecular complexity index is 556. The molecule has 0 aliphatic rings. The molecule has 0 atom stereocenters. The van der Waals surface area contributed by atoms with Crippen LogP contribution in [0.5, 0.6) is 0 Å². The molecule has 2 aromatic rings. The third-order valence-corrected chi connectivity index (χ3v) is 2.07. The lowest BCUT2D eigenvalue weighted by molar-refractivity contribution is -0.137. The Morgan fingerprint density at radius 1 is 1.44 bits per heavy atom.